The smallest absolute Gasteiger partial charge is 0.240 e. The van der Waals surface area contributed by atoms with Gasteiger partial charge in [-0.15, -0.1) is 0 Å². The Morgan fingerprint density at radius 3 is 2.14 bits per heavy atom. The quantitative estimate of drug-likeness (QED) is 0.797. The van der Waals surface area contributed by atoms with Gasteiger partial charge in [0.2, 0.25) is 15.9 Å². The Hall–Kier alpha value is -1.40. The van der Waals surface area contributed by atoms with Crippen molar-refractivity contribution in [1.29, 1.82) is 0 Å². The molecule has 124 valence electrons. The molecule has 5 nitrogen and oxygen atoms in total. The van der Waals surface area contributed by atoms with E-state index in [4.69, 9.17) is 0 Å². The summed E-state index contributed by atoms with van der Waals surface area (Å²) in [7, 11) is -3.56. The lowest BCUT2D eigenvalue weighted by Gasteiger charge is -2.18. The average Bonchev–Trinajstić information content (AvgIpc) is 2.48. The molecule has 0 saturated carbocycles. The van der Waals surface area contributed by atoms with Crippen LogP contribution in [-0.2, 0) is 14.8 Å². The topological polar surface area (TPSA) is 66.5 Å². The minimum Gasteiger partial charge on any atom is -0.343 e. The second-order valence-electron chi connectivity index (χ2n) is 5.44. The summed E-state index contributed by atoms with van der Waals surface area (Å²) in [5.74, 6) is 0.319. The highest BCUT2D eigenvalue weighted by molar-refractivity contribution is 7.89. The Morgan fingerprint density at radius 2 is 1.68 bits per heavy atom. The first-order valence-electron chi connectivity index (χ1n) is 7.69. The molecule has 1 aromatic rings. The normalized spacial score (nSPS) is 11.7. The summed E-state index contributed by atoms with van der Waals surface area (Å²) in [5, 5.41) is 0. The van der Waals surface area contributed by atoms with Crippen molar-refractivity contribution in [2.24, 2.45) is 0 Å². The van der Waals surface area contributed by atoms with Crippen molar-refractivity contribution in [2.75, 3.05) is 19.6 Å². The molecule has 0 aliphatic heterocycles. The lowest BCUT2D eigenvalue weighted by Crippen LogP contribution is -2.34. The van der Waals surface area contributed by atoms with Crippen LogP contribution in [0.1, 0.15) is 45.6 Å². The molecule has 22 heavy (non-hydrogen) atoms. The van der Waals surface area contributed by atoms with Crippen LogP contribution in [-0.4, -0.2) is 38.9 Å². The number of carbonyl (C=O) groups is 1. The van der Waals surface area contributed by atoms with Crippen molar-refractivity contribution in [3.8, 4) is 0 Å². The van der Waals surface area contributed by atoms with Crippen LogP contribution in [0.15, 0.2) is 29.2 Å². The van der Waals surface area contributed by atoms with Crippen LogP contribution < -0.4 is 4.72 Å². The van der Waals surface area contributed by atoms with Gasteiger partial charge in [0.25, 0.3) is 0 Å². The zero-order valence-corrected chi connectivity index (χ0v) is 14.6. The number of hydrogen-bond acceptors (Lipinski definition) is 3. The Balaban J connectivity index is 2.62. The van der Waals surface area contributed by atoms with Gasteiger partial charge >= 0.3 is 0 Å². The van der Waals surface area contributed by atoms with E-state index in [0.29, 0.717) is 19.0 Å². The van der Waals surface area contributed by atoms with E-state index in [0.717, 1.165) is 5.56 Å². The van der Waals surface area contributed by atoms with Crippen LogP contribution >= 0.6 is 0 Å². The third-order valence-corrected chi connectivity index (χ3v) is 5.08. The molecule has 0 aliphatic carbocycles. The van der Waals surface area contributed by atoms with Crippen LogP contribution in [0.25, 0.3) is 0 Å². The fourth-order valence-electron chi connectivity index (χ4n) is 2.14. The molecule has 0 bridgehead atoms. The molecule has 6 heteroatoms. The Kier molecular flexibility index (Phi) is 7.03. The predicted molar refractivity (Wildman–Crippen MR) is 88.3 cm³/mol. The summed E-state index contributed by atoms with van der Waals surface area (Å²) in [4.78, 5) is 13.8. The van der Waals surface area contributed by atoms with Crippen LogP contribution in [0.4, 0.5) is 0 Å². The summed E-state index contributed by atoms with van der Waals surface area (Å²) < 4.78 is 26.8. The van der Waals surface area contributed by atoms with E-state index in [1.807, 2.05) is 26.0 Å². The van der Waals surface area contributed by atoms with Crippen molar-refractivity contribution in [2.45, 2.75) is 44.9 Å². The molecule has 1 aromatic carbocycles. The maximum absolute atomic E-state index is 12.2. The van der Waals surface area contributed by atoms with Gasteiger partial charge < -0.3 is 4.90 Å². The summed E-state index contributed by atoms with van der Waals surface area (Å²) >= 11 is 0. The summed E-state index contributed by atoms with van der Waals surface area (Å²) in [6, 6.07) is 6.84. The third-order valence-electron chi connectivity index (χ3n) is 3.60. The van der Waals surface area contributed by atoms with Crippen LogP contribution in [0.5, 0.6) is 0 Å². The molecule has 0 heterocycles. The highest BCUT2D eigenvalue weighted by Gasteiger charge is 2.15. The van der Waals surface area contributed by atoms with E-state index in [2.05, 4.69) is 18.6 Å². The molecule has 1 N–H and O–H groups in total. The third kappa shape index (κ3) is 5.10. The Morgan fingerprint density at radius 1 is 1.14 bits per heavy atom. The van der Waals surface area contributed by atoms with Gasteiger partial charge in [0.15, 0.2) is 0 Å². The van der Waals surface area contributed by atoms with Crippen LogP contribution in [0.3, 0.4) is 0 Å². The minimum absolute atomic E-state index is 0.0390. The van der Waals surface area contributed by atoms with Crippen molar-refractivity contribution >= 4 is 15.9 Å². The number of rotatable bonds is 8. The van der Waals surface area contributed by atoms with Gasteiger partial charge in [-0.05, 0) is 37.5 Å². The van der Waals surface area contributed by atoms with Gasteiger partial charge in [-0.2, -0.15) is 0 Å². The number of sulfonamides is 1. The number of nitrogens with zero attached hydrogens (tertiary/aromatic N) is 1. The zero-order chi connectivity index (χ0) is 16.8. The van der Waals surface area contributed by atoms with Crippen molar-refractivity contribution in [1.82, 2.24) is 9.62 Å². The molecule has 0 spiro atoms. The van der Waals surface area contributed by atoms with Gasteiger partial charge in [-0.1, -0.05) is 26.0 Å². The largest absolute Gasteiger partial charge is 0.343 e. The molecule has 0 fully saturated rings. The molecule has 0 aromatic heterocycles. The van der Waals surface area contributed by atoms with E-state index < -0.39 is 10.0 Å². The Bertz CT molecular complexity index is 576. The van der Waals surface area contributed by atoms with Crippen LogP contribution in [0, 0.1) is 0 Å². The lowest BCUT2D eigenvalue weighted by atomic mass is 10.0. The van der Waals surface area contributed by atoms with Crippen molar-refractivity contribution in [3.63, 3.8) is 0 Å². The van der Waals surface area contributed by atoms with Crippen molar-refractivity contribution < 1.29 is 13.2 Å². The molecule has 0 aliphatic rings. The first-order valence-corrected chi connectivity index (χ1v) is 9.17. The number of hydrogen-bond donors (Lipinski definition) is 1. The van der Waals surface area contributed by atoms with Gasteiger partial charge in [0.1, 0.15) is 0 Å². The second-order valence-corrected chi connectivity index (χ2v) is 7.20. The maximum atomic E-state index is 12.2. The van der Waals surface area contributed by atoms with Crippen molar-refractivity contribution in [3.05, 3.63) is 29.8 Å². The van der Waals surface area contributed by atoms with Gasteiger partial charge in [0, 0.05) is 26.1 Å². The number of nitrogens with one attached hydrogen (secondary N) is 1. The zero-order valence-electron chi connectivity index (χ0n) is 13.8. The molecule has 0 saturated heterocycles. The molecule has 1 amide bonds. The van der Waals surface area contributed by atoms with E-state index in [1.54, 1.807) is 17.0 Å². The first kappa shape index (κ1) is 18.6. The number of amides is 1. The predicted octanol–water partition coefficient (Wildman–Crippen LogP) is 2.35. The summed E-state index contributed by atoms with van der Waals surface area (Å²) in [6.07, 6.45) is 0.172. The fraction of sp³-hybridized carbons (Fsp3) is 0.562. The minimum atomic E-state index is -3.56. The van der Waals surface area contributed by atoms with Gasteiger partial charge in [-0.25, -0.2) is 13.1 Å². The maximum Gasteiger partial charge on any atom is 0.240 e. The lowest BCUT2D eigenvalue weighted by molar-refractivity contribution is -0.130. The molecular formula is C16H26N2O3S. The van der Waals surface area contributed by atoms with Gasteiger partial charge in [-0.3, -0.25) is 4.79 Å². The summed E-state index contributed by atoms with van der Waals surface area (Å²) in [6.45, 7) is 9.31. The Labute approximate surface area is 133 Å². The molecular weight excluding hydrogens is 300 g/mol. The van der Waals surface area contributed by atoms with E-state index in [-0.39, 0.29) is 23.8 Å². The molecule has 0 unspecified atom stereocenters. The highest BCUT2D eigenvalue weighted by Crippen LogP contribution is 2.17. The average molecular weight is 326 g/mol. The van der Waals surface area contributed by atoms with Crippen LogP contribution in [0.2, 0.25) is 0 Å². The molecule has 0 atom stereocenters. The van der Waals surface area contributed by atoms with Gasteiger partial charge in [0.05, 0.1) is 4.90 Å². The summed E-state index contributed by atoms with van der Waals surface area (Å²) in [5.41, 5.74) is 1.09. The highest BCUT2D eigenvalue weighted by atomic mass is 32.2. The van der Waals surface area contributed by atoms with E-state index in [1.165, 1.54) is 0 Å². The second kappa shape index (κ2) is 8.29. The first-order chi connectivity index (χ1) is 10.3. The fourth-order valence-corrected chi connectivity index (χ4v) is 3.17. The number of carbonyl (C=O) groups excluding carboxylic acids is 1. The monoisotopic (exact) mass is 326 g/mol. The molecule has 1 rings (SSSR count). The SMILES string of the molecule is CCN(CC)C(=O)CCNS(=O)(=O)c1ccc(C(C)C)cc1. The van der Waals surface area contributed by atoms with E-state index >= 15 is 0 Å². The molecule has 0 radical (unpaired) electrons. The standard InChI is InChI=1S/C16H26N2O3S/c1-5-18(6-2)16(19)11-12-17-22(20,21)15-9-7-14(8-10-15)13(3)4/h7-10,13,17H,5-6,11-12H2,1-4H3. The number of benzene rings is 1. The van der Waals surface area contributed by atoms with E-state index in [9.17, 15) is 13.2 Å².